The highest BCUT2D eigenvalue weighted by Gasteiger charge is 2.07. The fourth-order valence-electron chi connectivity index (χ4n) is 2.02. The van der Waals surface area contributed by atoms with E-state index in [0.717, 1.165) is 17.8 Å². The number of hydrogen-bond acceptors (Lipinski definition) is 2. The molecule has 0 aliphatic rings. The molecule has 1 aromatic heterocycles. The predicted molar refractivity (Wildman–Crippen MR) is 70.9 cm³/mol. The smallest absolute Gasteiger partial charge is 0.199 e. The van der Waals surface area contributed by atoms with Crippen molar-refractivity contribution in [1.29, 1.82) is 5.26 Å². The van der Waals surface area contributed by atoms with Crippen molar-refractivity contribution in [2.45, 2.75) is 20.3 Å². The maximum atomic E-state index is 11.6. The maximum absolute atomic E-state index is 11.6. The lowest BCUT2D eigenvalue weighted by Crippen LogP contribution is -2.13. The molecule has 0 fully saturated rings. The molecule has 2 rings (SSSR count). The monoisotopic (exact) mass is 238 g/mol. The third-order valence-corrected chi connectivity index (χ3v) is 3.00. The van der Waals surface area contributed by atoms with Crippen molar-refractivity contribution in [3.8, 4) is 11.8 Å². The first-order valence-corrected chi connectivity index (χ1v) is 5.89. The van der Waals surface area contributed by atoms with E-state index < -0.39 is 0 Å². The highest BCUT2D eigenvalue weighted by molar-refractivity contribution is 5.44. The molecule has 1 aromatic carbocycles. The average Bonchev–Trinajstić information content (AvgIpc) is 2.39. The van der Waals surface area contributed by atoms with Gasteiger partial charge in [0.05, 0.1) is 0 Å². The zero-order chi connectivity index (χ0) is 13.1. The second-order valence-electron chi connectivity index (χ2n) is 4.16. The Kier molecular flexibility index (Phi) is 3.29. The second-order valence-corrected chi connectivity index (χ2v) is 4.16. The van der Waals surface area contributed by atoms with E-state index in [9.17, 15) is 4.79 Å². The van der Waals surface area contributed by atoms with Crippen LogP contribution in [-0.2, 0) is 6.42 Å². The summed E-state index contributed by atoms with van der Waals surface area (Å²) in [6, 6.07) is 11.4. The van der Waals surface area contributed by atoms with E-state index in [1.165, 1.54) is 11.6 Å². The summed E-state index contributed by atoms with van der Waals surface area (Å²) in [6.45, 7) is 3.96. The zero-order valence-electron chi connectivity index (χ0n) is 10.5. The molecule has 0 unspecified atom stereocenters. The summed E-state index contributed by atoms with van der Waals surface area (Å²) < 4.78 is 1.90. The van der Waals surface area contributed by atoms with Crippen molar-refractivity contribution in [1.82, 2.24) is 4.57 Å². The standard InChI is InChI=1S/C15H14N2O/c1-3-12-6-4-5-7-14(12)17-10-13(9-16)15(18)8-11(17)2/h4-8,10H,3H2,1-2H3. The molecule has 3 heteroatoms. The first-order valence-electron chi connectivity index (χ1n) is 5.89. The van der Waals surface area contributed by atoms with Gasteiger partial charge in [0.2, 0.25) is 0 Å². The van der Waals surface area contributed by atoms with Crippen LogP contribution in [0.15, 0.2) is 41.3 Å². The Morgan fingerprint density at radius 3 is 2.72 bits per heavy atom. The molecule has 90 valence electrons. The third kappa shape index (κ3) is 2.05. The Labute approximate surface area is 106 Å². The van der Waals surface area contributed by atoms with Crippen molar-refractivity contribution in [2.24, 2.45) is 0 Å². The molecule has 0 aliphatic carbocycles. The van der Waals surface area contributed by atoms with Crippen LogP contribution >= 0.6 is 0 Å². The first kappa shape index (κ1) is 12.1. The van der Waals surface area contributed by atoms with Gasteiger partial charge in [0.25, 0.3) is 0 Å². The highest BCUT2D eigenvalue weighted by Crippen LogP contribution is 2.16. The minimum atomic E-state index is -0.222. The van der Waals surface area contributed by atoms with Gasteiger partial charge in [-0.05, 0) is 25.0 Å². The highest BCUT2D eigenvalue weighted by atomic mass is 16.1. The molecule has 0 amide bonds. The number of aromatic nitrogens is 1. The van der Waals surface area contributed by atoms with Crippen molar-refractivity contribution >= 4 is 0 Å². The molecule has 0 saturated heterocycles. The Morgan fingerprint density at radius 2 is 2.06 bits per heavy atom. The average molecular weight is 238 g/mol. The summed E-state index contributed by atoms with van der Waals surface area (Å²) >= 11 is 0. The Bertz CT molecular complexity index is 678. The van der Waals surface area contributed by atoms with E-state index in [1.54, 1.807) is 6.20 Å². The first-order chi connectivity index (χ1) is 8.67. The maximum Gasteiger partial charge on any atom is 0.199 e. The van der Waals surface area contributed by atoms with Gasteiger partial charge in [-0.1, -0.05) is 25.1 Å². The lowest BCUT2D eigenvalue weighted by Gasteiger charge is -2.14. The molecule has 0 aliphatic heterocycles. The van der Waals surface area contributed by atoms with Crippen LogP contribution in [0.5, 0.6) is 0 Å². The van der Waals surface area contributed by atoms with Gasteiger partial charge in [0, 0.05) is 23.6 Å². The molecule has 0 saturated carbocycles. The largest absolute Gasteiger partial charge is 0.319 e. The van der Waals surface area contributed by atoms with Crippen LogP contribution in [0.25, 0.3) is 5.69 Å². The van der Waals surface area contributed by atoms with Gasteiger partial charge in [-0.15, -0.1) is 0 Å². The van der Waals surface area contributed by atoms with Gasteiger partial charge in [-0.25, -0.2) is 0 Å². The summed E-state index contributed by atoms with van der Waals surface area (Å²) in [6.07, 6.45) is 2.52. The van der Waals surface area contributed by atoms with Crippen LogP contribution in [0.3, 0.4) is 0 Å². The number of nitriles is 1. The van der Waals surface area contributed by atoms with Crippen LogP contribution in [0, 0.1) is 18.3 Å². The SMILES string of the molecule is CCc1ccccc1-n1cc(C#N)c(=O)cc1C. The minimum absolute atomic E-state index is 0.173. The van der Waals surface area contributed by atoms with Crippen molar-refractivity contribution in [3.05, 3.63) is 63.6 Å². The van der Waals surface area contributed by atoms with E-state index in [0.29, 0.717) is 0 Å². The summed E-state index contributed by atoms with van der Waals surface area (Å²) in [5, 5.41) is 8.94. The van der Waals surface area contributed by atoms with Crippen molar-refractivity contribution in [3.63, 3.8) is 0 Å². The molecule has 1 heterocycles. The summed E-state index contributed by atoms with van der Waals surface area (Å²) in [5.41, 5.74) is 2.99. The summed E-state index contributed by atoms with van der Waals surface area (Å²) in [7, 11) is 0. The number of pyridine rings is 1. The summed E-state index contributed by atoms with van der Waals surface area (Å²) in [5.74, 6) is 0. The molecule has 0 atom stereocenters. The predicted octanol–water partition coefficient (Wildman–Crippen LogP) is 2.58. The van der Waals surface area contributed by atoms with E-state index in [2.05, 4.69) is 13.0 Å². The number of benzene rings is 1. The number of nitrogens with zero attached hydrogens (tertiary/aromatic N) is 2. The molecule has 0 radical (unpaired) electrons. The van der Waals surface area contributed by atoms with Crippen LogP contribution in [0.4, 0.5) is 0 Å². The molecule has 18 heavy (non-hydrogen) atoms. The molecular formula is C15H14N2O. The fraction of sp³-hybridized carbons (Fsp3) is 0.200. The van der Waals surface area contributed by atoms with Gasteiger partial charge in [-0.3, -0.25) is 4.79 Å². The van der Waals surface area contributed by atoms with Gasteiger partial charge in [0.1, 0.15) is 11.6 Å². The second kappa shape index (κ2) is 4.89. The Balaban J connectivity index is 2.72. The van der Waals surface area contributed by atoms with Crippen LogP contribution in [0.2, 0.25) is 0 Å². The molecule has 2 aromatic rings. The molecular weight excluding hydrogens is 224 g/mol. The van der Waals surface area contributed by atoms with Crippen LogP contribution in [-0.4, -0.2) is 4.57 Å². The fourth-order valence-corrected chi connectivity index (χ4v) is 2.02. The van der Waals surface area contributed by atoms with Crippen LogP contribution < -0.4 is 5.43 Å². The Hall–Kier alpha value is -2.34. The van der Waals surface area contributed by atoms with Gasteiger partial charge < -0.3 is 4.57 Å². The van der Waals surface area contributed by atoms with Gasteiger partial charge in [-0.2, -0.15) is 5.26 Å². The number of aryl methyl sites for hydroxylation is 2. The topological polar surface area (TPSA) is 45.8 Å². The number of rotatable bonds is 2. The number of para-hydroxylation sites is 1. The molecule has 0 bridgehead atoms. The quantitative estimate of drug-likeness (QED) is 0.807. The van der Waals surface area contributed by atoms with E-state index in [4.69, 9.17) is 5.26 Å². The lowest BCUT2D eigenvalue weighted by atomic mass is 10.1. The zero-order valence-corrected chi connectivity index (χ0v) is 10.5. The third-order valence-electron chi connectivity index (χ3n) is 3.00. The van der Waals surface area contributed by atoms with Crippen molar-refractivity contribution in [2.75, 3.05) is 0 Å². The van der Waals surface area contributed by atoms with Gasteiger partial charge >= 0.3 is 0 Å². The van der Waals surface area contributed by atoms with Gasteiger partial charge in [0.15, 0.2) is 5.43 Å². The van der Waals surface area contributed by atoms with E-state index >= 15 is 0 Å². The molecule has 0 spiro atoms. The molecule has 3 nitrogen and oxygen atoms in total. The normalized spacial score (nSPS) is 10.1. The van der Waals surface area contributed by atoms with Crippen molar-refractivity contribution < 1.29 is 0 Å². The summed E-state index contributed by atoms with van der Waals surface area (Å²) in [4.78, 5) is 11.6. The van der Waals surface area contributed by atoms with Crippen LogP contribution in [0.1, 0.15) is 23.7 Å². The van der Waals surface area contributed by atoms with E-state index in [1.807, 2.05) is 35.8 Å². The lowest BCUT2D eigenvalue weighted by molar-refractivity contribution is 0.940. The van der Waals surface area contributed by atoms with E-state index in [-0.39, 0.29) is 11.0 Å². The number of hydrogen-bond donors (Lipinski definition) is 0. The molecule has 0 N–H and O–H groups in total. The Morgan fingerprint density at radius 1 is 1.33 bits per heavy atom. The minimum Gasteiger partial charge on any atom is -0.319 e.